The maximum atomic E-state index is 11.6. The van der Waals surface area contributed by atoms with Crippen LogP contribution in [-0.2, 0) is 16.1 Å². The minimum atomic E-state index is -1.03. The standard InChI is InChI=1S/C24H25N7O3S/c1-14(32)23(33)26-11-15-2-4-16(5-3-15)19-10-18-20(35-19)22(31-6-8-34-9-7-31)30-21(29-18)17-12-27-24(25)28-13-17/h2-5,10,12-14,32H,6-9,11H2,1H3,(H,26,33)(H2,25,27,28)/t14-/m0/s1. The smallest absolute Gasteiger partial charge is 0.248 e. The van der Waals surface area contributed by atoms with Gasteiger partial charge in [0.25, 0.3) is 0 Å². The first-order valence-corrected chi connectivity index (χ1v) is 12.1. The number of nitrogens with one attached hydrogen (secondary N) is 1. The number of aromatic nitrogens is 4. The Bertz CT molecular complexity index is 1330. The van der Waals surface area contributed by atoms with E-state index in [1.54, 1.807) is 23.7 Å². The molecule has 4 heterocycles. The van der Waals surface area contributed by atoms with Crippen molar-refractivity contribution in [1.29, 1.82) is 0 Å². The molecule has 10 nitrogen and oxygen atoms in total. The molecule has 1 aliphatic heterocycles. The molecule has 1 saturated heterocycles. The number of nitrogens with zero attached hydrogens (tertiary/aromatic N) is 5. The molecule has 1 atom stereocenters. The maximum absolute atomic E-state index is 11.6. The molecule has 0 aliphatic carbocycles. The van der Waals surface area contributed by atoms with Crippen LogP contribution in [0.3, 0.4) is 0 Å². The van der Waals surface area contributed by atoms with Gasteiger partial charge in [-0.1, -0.05) is 24.3 Å². The summed E-state index contributed by atoms with van der Waals surface area (Å²) in [5, 5.41) is 12.0. The molecule has 3 aromatic heterocycles. The monoisotopic (exact) mass is 491 g/mol. The van der Waals surface area contributed by atoms with Crippen LogP contribution in [0.1, 0.15) is 12.5 Å². The number of carbonyl (C=O) groups is 1. The van der Waals surface area contributed by atoms with Crippen molar-refractivity contribution in [3.63, 3.8) is 0 Å². The van der Waals surface area contributed by atoms with Crippen LogP contribution in [0.4, 0.5) is 11.8 Å². The van der Waals surface area contributed by atoms with E-state index in [-0.39, 0.29) is 5.95 Å². The highest BCUT2D eigenvalue weighted by Crippen LogP contribution is 2.38. The molecule has 1 fully saturated rings. The van der Waals surface area contributed by atoms with Crippen molar-refractivity contribution < 1.29 is 14.6 Å². The number of hydrogen-bond acceptors (Lipinski definition) is 10. The molecule has 0 bridgehead atoms. The van der Waals surface area contributed by atoms with Crippen molar-refractivity contribution in [2.24, 2.45) is 0 Å². The summed E-state index contributed by atoms with van der Waals surface area (Å²) in [6.07, 6.45) is 2.24. The fourth-order valence-corrected chi connectivity index (χ4v) is 4.87. The lowest BCUT2D eigenvalue weighted by Crippen LogP contribution is -2.36. The summed E-state index contributed by atoms with van der Waals surface area (Å²) in [5.74, 6) is 1.23. The summed E-state index contributed by atoms with van der Waals surface area (Å²) >= 11 is 1.64. The van der Waals surface area contributed by atoms with E-state index >= 15 is 0 Å². The molecule has 0 radical (unpaired) electrons. The van der Waals surface area contributed by atoms with Crippen LogP contribution in [0.25, 0.3) is 32.0 Å². The number of nitrogen functional groups attached to an aromatic ring is 1. The van der Waals surface area contributed by atoms with Gasteiger partial charge in [-0.25, -0.2) is 19.9 Å². The number of benzene rings is 1. The summed E-state index contributed by atoms with van der Waals surface area (Å²) in [4.78, 5) is 32.8. The summed E-state index contributed by atoms with van der Waals surface area (Å²) < 4.78 is 6.55. The van der Waals surface area contributed by atoms with Gasteiger partial charge in [-0.15, -0.1) is 11.3 Å². The summed E-state index contributed by atoms with van der Waals surface area (Å²) in [7, 11) is 0. The predicted octanol–water partition coefficient (Wildman–Crippen LogP) is 2.23. The van der Waals surface area contributed by atoms with Gasteiger partial charge in [-0.3, -0.25) is 4.79 Å². The van der Waals surface area contributed by atoms with Gasteiger partial charge in [0.1, 0.15) is 6.10 Å². The Morgan fingerprint density at radius 3 is 2.57 bits per heavy atom. The molecule has 1 aliphatic rings. The van der Waals surface area contributed by atoms with Gasteiger partial charge >= 0.3 is 0 Å². The van der Waals surface area contributed by atoms with Crippen LogP contribution in [0, 0.1) is 0 Å². The van der Waals surface area contributed by atoms with E-state index in [1.807, 2.05) is 24.3 Å². The highest BCUT2D eigenvalue weighted by molar-refractivity contribution is 7.22. The van der Waals surface area contributed by atoms with Gasteiger partial charge < -0.3 is 25.8 Å². The number of fused-ring (bicyclic) bond motifs is 1. The molecule has 35 heavy (non-hydrogen) atoms. The fourth-order valence-electron chi connectivity index (χ4n) is 3.75. The number of nitrogens with two attached hydrogens (primary N) is 1. The molecule has 4 aromatic rings. The Morgan fingerprint density at radius 1 is 1.17 bits per heavy atom. The number of rotatable bonds is 6. The van der Waals surface area contributed by atoms with Crippen molar-refractivity contribution in [1.82, 2.24) is 25.3 Å². The van der Waals surface area contributed by atoms with E-state index in [2.05, 4.69) is 26.3 Å². The number of amides is 1. The second-order valence-corrected chi connectivity index (χ2v) is 9.27. The van der Waals surface area contributed by atoms with E-state index in [0.717, 1.165) is 45.1 Å². The maximum Gasteiger partial charge on any atom is 0.248 e. The van der Waals surface area contributed by atoms with Gasteiger partial charge in [0, 0.05) is 36.9 Å². The third-order valence-electron chi connectivity index (χ3n) is 5.68. The minimum Gasteiger partial charge on any atom is -0.384 e. The first kappa shape index (κ1) is 23.1. The highest BCUT2D eigenvalue weighted by atomic mass is 32.1. The van der Waals surface area contributed by atoms with Crippen molar-refractivity contribution in [3.05, 3.63) is 48.3 Å². The number of aliphatic hydroxyl groups excluding tert-OH is 1. The number of morpholine rings is 1. The number of anilines is 2. The van der Waals surface area contributed by atoms with Gasteiger partial charge in [0.05, 0.1) is 29.0 Å². The number of thiophene rings is 1. The van der Waals surface area contributed by atoms with Crippen LogP contribution in [0.15, 0.2) is 42.7 Å². The largest absolute Gasteiger partial charge is 0.384 e. The molecular weight excluding hydrogens is 466 g/mol. The second-order valence-electron chi connectivity index (χ2n) is 8.22. The van der Waals surface area contributed by atoms with E-state index in [4.69, 9.17) is 20.4 Å². The van der Waals surface area contributed by atoms with Gasteiger partial charge in [0.15, 0.2) is 11.6 Å². The first-order valence-electron chi connectivity index (χ1n) is 11.2. The average Bonchev–Trinajstić information content (AvgIpc) is 3.32. The van der Waals surface area contributed by atoms with Gasteiger partial charge in [-0.2, -0.15) is 0 Å². The Kier molecular flexibility index (Phi) is 6.53. The summed E-state index contributed by atoms with van der Waals surface area (Å²) in [6, 6.07) is 10.0. The molecule has 0 unspecified atom stereocenters. The molecule has 4 N–H and O–H groups in total. The van der Waals surface area contributed by atoms with Crippen molar-refractivity contribution in [3.8, 4) is 21.8 Å². The molecule has 1 amide bonds. The van der Waals surface area contributed by atoms with Crippen LogP contribution in [0.2, 0.25) is 0 Å². The summed E-state index contributed by atoms with van der Waals surface area (Å²) in [5.41, 5.74) is 9.19. The second kappa shape index (κ2) is 9.90. The van der Waals surface area contributed by atoms with E-state index < -0.39 is 12.0 Å². The molecule has 1 aromatic carbocycles. The summed E-state index contributed by atoms with van der Waals surface area (Å²) in [6.45, 7) is 4.61. The highest BCUT2D eigenvalue weighted by Gasteiger charge is 2.21. The van der Waals surface area contributed by atoms with E-state index in [0.29, 0.717) is 31.1 Å². The van der Waals surface area contributed by atoms with E-state index in [1.165, 1.54) is 6.92 Å². The third-order valence-corrected chi connectivity index (χ3v) is 6.85. The molecular formula is C24H25N7O3S. The lowest BCUT2D eigenvalue weighted by molar-refractivity contribution is -0.128. The predicted molar refractivity (Wildman–Crippen MR) is 135 cm³/mol. The SMILES string of the molecule is C[C@H](O)C(=O)NCc1ccc(-c2cc3nc(-c4cnc(N)nc4)nc(N4CCOCC4)c3s2)cc1. The number of ether oxygens (including phenoxy) is 1. The van der Waals surface area contributed by atoms with Crippen molar-refractivity contribution in [2.45, 2.75) is 19.6 Å². The molecule has 11 heteroatoms. The minimum absolute atomic E-state index is 0.204. The number of hydrogen-bond donors (Lipinski definition) is 3. The van der Waals surface area contributed by atoms with Crippen LogP contribution in [-0.4, -0.2) is 63.4 Å². The lowest BCUT2D eigenvalue weighted by atomic mass is 10.1. The molecule has 0 saturated carbocycles. The van der Waals surface area contributed by atoms with Crippen molar-refractivity contribution in [2.75, 3.05) is 36.9 Å². The Hall–Kier alpha value is -3.67. The van der Waals surface area contributed by atoms with Crippen LogP contribution < -0.4 is 16.0 Å². The zero-order chi connectivity index (χ0) is 24.4. The quantitative estimate of drug-likeness (QED) is 0.370. The average molecular weight is 492 g/mol. The fraction of sp³-hybridized carbons (Fsp3) is 0.292. The number of carbonyl (C=O) groups excluding carboxylic acids is 1. The Balaban J connectivity index is 1.49. The zero-order valence-corrected chi connectivity index (χ0v) is 20.0. The molecule has 0 spiro atoms. The van der Waals surface area contributed by atoms with Crippen LogP contribution in [0.5, 0.6) is 0 Å². The van der Waals surface area contributed by atoms with Crippen LogP contribution >= 0.6 is 11.3 Å². The normalized spacial score (nSPS) is 14.7. The van der Waals surface area contributed by atoms with Gasteiger partial charge in [0.2, 0.25) is 11.9 Å². The lowest BCUT2D eigenvalue weighted by Gasteiger charge is -2.28. The third kappa shape index (κ3) is 5.06. The zero-order valence-electron chi connectivity index (χ0n) is 19.1. The topological polar surface area (TPSA) is 139 Å². The number of aliphatic hydroxyl groups is 1. The van der Waals surface area contributed by atoms with Gasteiger partial charge in [-0.05, 0) is 24.1 Å². The Labute approximate surface area is 205 Å². The van der Waals surface area contributed by atoms with E-state index in [9.17, 15) is 9.90 Å². The molecule has 180 valence electrons. The van der Waals surface area contributed by atoms with Crippen molar-refractivity contribution >= 4 is 39.2 Å². The molecule has 5 rings (SSSR count). The first-order chi connectivity index (χ1) is 17.0. The Morgan fingerprint density at radius 2 is 1.89 bits per heavy atom.